The molecule has 4 atom stereocenters. The molecular formula is C33H40N2O8. The van der Waals surface area contributed by atoms with Crippen molar-refractivity contribution in [3.8, 4) is 5.75 Å². The van der Waals surface area contributed by atoms with E-state index < -0.39 is 48.1 Å². The SMILES string of the molecule is COc1ccc(C[C@H]2NC(=O)/C=C/C[C@@H](C(O)/C=C/c3ccccc3)OC(=O)[C@H](CC(C)C)OC(=O)CCNC2=O)cc1. The third-order valence-electron chi connectivity index (χ3n) is 6.65. The van der Waals surface area contributed by atoms with E-state index >= 15 is 0 Å². The number of hydrogen-bond donors (Lipinski definition) is 3. The van der Waals surface area contributed by atoms with Crippen LogP contribution in [0.25, 0.3) is 6.08 Å². The van der Waals surface area contributed by atoms with Gasteiger partial charge in [-0.25, -0.2) is 4.79 Å². The number of cyclic esters (lactones) is 2. The minimum absolute atomic E-state index is 0.000645. The Kier molecular flexibility index (Phi) is 13.0. The van der Waals surface area contributed by atoms with Gasteiger partial charge in [0.15, 0.2) is 6.10 Å². The molecule has 230 valence electrons. The highest BCUT2D eigenvalue weighted by Gasteiger charge is 2.30. The summed E-state index contributed by atoms with van der Waals surface area (Å²) in [6, 6.07) is 15.5. The first kappa shape index (κ1) is 33.1. The molecule has 1 heterocycles. The van der Waals surface area contributed by atoms with Crippen molar-refractivity contribution in [2.45, 2.75) is 63.9 Å². The van der Waals surface area contributed by atoms with Gasteiger partial charge in [0.05, 0.1) is 13.5 Å². The summed E-state index contributed by atoms with van der Waals surface area (Å²) in [7, 11) is 1.55. The molecule has 0 radical (unpaired) electrons. The number of esters is 2. The first-order valence-corrected chi connectivity index (χ1v) is 14.3. The second kappa shape index (κ2) is 16.9. The highest BCUT2D eigenvalue weighted by molar-refractivity contribution is 5.93. The monoisotopic (exact) mass is 592 g/mol. The Morgan fingerprint density at radius 3 is 2.42 bits per heavy atom. The Morgan fingerprint density at radius 2 is 1.74 bits per heavy atom. The van der Waals surface area contributed by atoms with Crippen LogP contribution in [-0.2, 0) is 35.1 Å². The van der Waals surface area contributed by atoms with Gasteiger partial charge < -0.3 is 30.0 Å². The summed E-state index contributed by atoms with van der Waals surface area (Å²) < 4.78 is 16.3. The Morgan fingerprint density at radius 1 is 1.02 bits per heavy atom. The molecule has 1 aliphatic heterocycles. The van der Waals surface area contributed by atoms with Crippen LogP contribution in [0.3, 0.4) is 0 Å². The predicted molar refractivity (Wildman–Crippen MR) is 161 cm³/mol. The van der Waals surface area contributed by atoms with Crippen molar-refractivity contribution in [2.24, 2.45) is 5.92 Å². The fourth-order valence-electron chi connectivity index (χ4n) is 4.36. The van der Waals surface area contributed by atoms with Crippen LogP contribution in [0.4, 0.5) is 0 Å². The number of rotatable bonds is 8. The lowest BCUT2D eigenvalue weighted by atomic mass is 10.0. The fraction of sp³-hybridized carbons (Fsp3) is 0.394. The van der Waals surface area contributed by atoms with Crippen LogP contribution in [0.5, 0.6) is 5.75 Å². The molecule has 3 rings (SSSR count). The lowest BCUT2D eigenvalue weighted by molar-refractivity contribution is -0.175. The van der Waals surface area contributed by atoms with E-state index in [1.54, 1.807) is 37.5 Å². The molecule has 2 amide bonds. The van der Waals surface area contributed by atoms with E-state index in [1.807, 2.05) is 44.2 Å². The van der Waals surface area contributed by atoms with Gasteiger partial charge in [0.1, 0.15) is 24.0 Å². The van der Waals surface area contributed by atoms with Gasteiger partial charge in [-0.3, -0.25) is 14.4 Å². The molecule has 43 heavy (non-hydrogen) atoms. The maximum absolute atomic E-state index is 13.1. The average Bonchev–Trinajstić information content (AvgIpc) is 2.98. The lowest BCUT2D eigenvalue weighted by Crippen LogP contribution is -2.48. The van der Waals surface area contributed by atoms with Crippen LogP contribution >= 0.6 is 0 Å². The molecule has 10 heteroatoms. The number of hydrogen-bond acceptors (Lipinski definition) is 8. The quantitative estimate of drug-likeness (QED) is 0.397. The van der Waals surface area contributed by atoms with E-state index in [9.17, 15) is 24.3 Å². The van der Waals surface area contributed by atoms with E-state index in [2.05, 4.69) is 10.6 Å². The van der Waals surface area contributed by atoms with Crippen LogP contribution < -0.4 is 15.4 Å². The molecule has 1 aliphatic rings. The Hall–Kier alpha value is -4.44. The molecule has 0 spiro atoms. The van der Waals surface area contributed by atoms with E-state index in [1.165, 1.54) is 18.2 Å². The van der Waals surface area contributed by atoms with Gasteiger partial charge in [0, 0.05) is 19.4 Å². The second-order valence-corrected chi connectivity index (χ2v) is 10.6. The van der Waals surface area contributed by atoms with E-state index in [0.29, 0.717) is 5.75 Å². The Labute approximate surface area is 252 Å². The summed E-state index contributed by atoms with van der Waals surface area (Å²) in [6.07, 6.45) is 2.60. The minimum atomic E-state index is -1.22. The molecule has 0 fully saturated rings. The van der Waals surface area contributed by atoms with Gasteiger partial charge in [0.25, 0.3) is 0 Å². The number of aliphatic hydroxyl groups is 1. The zero-order chi connectivity index (χ0) is 31.2. The third kappa shape index (κ3) is 11.4. The number of carbonyl (C=O) groups is 4. The molecule has 0 aromatic heterocycles. The zero-order valence-electron chi connectivity index (χ0n) is 24.7. The van der Waals surface area contributed by atoms with Gasteiger partial charge in [-0.1, -0.05) is 74.5 Å². The molecule has 0 bridgehead atoms. The summed E-state index contributed by atoms with van der Waals surface area (Å²) in [5, 5.41) is 16.3. The van der Waals surface area contributed by atoms with Crippen molar-refractivity contribution in [1.29, 1.82) is 0 Å². The molecule has 0 saturated heterocycles. The normalized spacial score (nSPS) is 22.3. The summed E-state index contributed by atoms with van der Waals surface area (Å²) in [5.74, 6) is -1.85. The Bertz CT molecular complexity index is 1270. The van der Waals surface area contributed by atoms with Crippen LogP contribution in [0, 0.1) is 5.92 Å². The minimum Gasteiger partial charge on any atom is -0.497 e. The molecule has 1 unspecified atom stereocenters. The van der Waals surface area contributed by atoms with E-state index in [0.717, 1.165) is 11.1 Å². The highest BCUT2D eigenvalue weighted by Crippen LogP contribution is 2.17. The molecule has 0 aliphatic carbocycles. The van der Waals surface area contributed by atoms with Crippen molar-refractivity contribution in [3.63, 3.8) is 0 Å². The third-order valence-corrected chi connectivity index (χ3v) is 6.65. The topological polar surface area (TPSA) is 140 Å². The number of benzene rings is 2. The maximum atomic E-state index is 13.1. The van der Waals surface area contributed by atoms with Crippen molar-refractivity contribution in [2.75, 3.05) is 13.7 Å². The van der Waals surface area contributed by atoms with Crippen LogP contribution in [-0.4, -0.2) is 66.9 Å². The van der Waals surface area contributed by atoms with Crippen LogP contribution in [0.15, 0.2) is 72.8 Å². The molecule has 2 aromatic carbocycles. The lowest BCUT2D eigenvalue weighted by Gasteiger charge is -2.25. The zero-order valence-corrected chi connectivity index (χ0v) is 24.7. The summed E-state index contributed by atoms with van der Waals surface area (Å²) in [6.45, 7) is 3.69. The smallest absolute Gasteiger partial charge is 0.347 e. The first-order valence-electron chi connectivity index (χ1n) is 14.3. The number of nitrogens with one attached hydrogen (secondary N) is 2. The fourth-order valence-corrected chi connectivity index (χ4v) is 4.36. The van der Waals surface area contributed by atoms with E-state index in [4.69, 9.17) is 14.2 Å². The van der Waals surface area contributed by atoms with Gasteiger partial charge in [-0.05, 0) is 41.7 Å². The standard InChI is InChI=1S/C33H40N2O8/c1-22(2)20-29-33(40)43-28(27(36)17-14-23-8-5-4-6-9-23)10-7-11-30(37)35-26(32(39)34-19-18-31(38)42-29)21-24-12-15-25(41-3)16-13-24/h4-9,11-17,22,26-29,36H,10,18-21H2,1-3H3,(H,34,39)(H,35,37)/b11-7+,17-14+/t26-,27?,28+,29+/m1/s1. The number of ether oxygens (including phenoxy) is 3. The van der Waals surface area contributed by atoms with Crippen molar-refractivity contribution in [3.05, 3.63) is 84.0 Å². The Balaban J connectivity index is 1.84. The molecule has 3 N–H and O–H groups in total. The van der Waals surface area contributed by atoms with Crippen molar-refractivity contribution in [1.82, 2.24) is 10.6 Å². The van der Waals surface area contributed by atoms with Gasteiger partial charge in [-0.2, -0.15) is 0 Å². The molecule has 2 aromatic rings. The second-order valence-electron chi connectivity index (χ2n) is 10.6. The number of amides is 2. The van der Waals surface area contributed by atoms with Crippen LogP contribution in [0.1, 0.15) is 44.2 Å². The van der Waals surface area contributed by atoms with E-state index in [-0.39, 0.29) is 38.1 Å². The average molecular weight is 593 g/mol. The van der Waals surface area contributed by atoms with Gasteiger partial charge in [-0.15, -0.1) is 0 Å². The number of carbonyl (C=O) groups excluding carboxylic acids is 4. The number of aliphatic hydroxyl groups excluding tert-OH is 1. The van der Waals surface area contributed by atoms with Gasteiger partial charge >= 0.3 is 11.9 Å². The number of methoxy groups -OCH3 is 1. The van der Waals surface area contributed by atoms with Crippen molar-refractivity contribution < 1.29 is 38.5 Å². The highest BCUT2D eigenvalue weighted by atomic mass is 16.6. The molecule has 10 nitrogen and oxygen atoms in total. The summed E-state index contributed by atoms with van der Waals surface area (Å²) in [4.78, 5) is 51.7. The van der Waals surface area contributed by atoms with Crippen LogP contribution in [0.2, 0.25) is 0 Å². The molecule has 0 saturated carbocycles. The predicted octanol–water partition coefficient (Wildman–Crippen LogP) is 3.13. The van der Waals surface area contributed by atoms with Gasteiger partial charge in [0.2, 0.25) is 11.8 Å². The summed E-state index contributed by atoms with van der Waals surface area (Å²) in [5.41, 5.74) is 1.62. The molecular weight excluding hydrogens is 552 g/mol. The largest absolute Gasteiger partial charge is 0.497 e. The maximum Gasteiger partial charge on any atom is 0.347 e. The first-order chi connectivity index (χ1) is 20.6. The summed E-state index contributed by atoms with van der Waals surface area (Å²) >= 11 is 0. The van der Waals surface area contributed by atoms with Crippen molar-refractivity contribution >= 4 is 29.8 Å².